The van der Waals surface area contributed by atoms with Gasteiger partial charge in [-0.1, -0.05) is 12.1 Å². The Balaban J connectivity index is 2.59. The van der Waals surface area contributed by atoms with Crippen LogP contribution in [-0.4, -0.2) is 17.1 Å². The fraction of sp³-hybridized carbons (Fsp3) is 0.133. The van der Waals surface area contributed by atoms with Gasteiger partial charge in [0.15, 0.2) is 5.78 Å². The molecule has 4 heteroatoms. The van der Waals surface area contributed by atoms with E-state index in [2.05, 4.69) is 4.98 Å². The van der Waals surface area contributed by atoms with Crippen molar-refractivity contribution in [2.75, 3.05) is 5.73 Å². The topological polar surface area (TPSA) is 73.0 Å². The minimum absolute atomic E-state index is 0.146. The highest BCUT2D eigenvalue weighted by molar-refractivity contribution is 6.11. The van der Waals surface area contributed by atoms with Crippen molar-refractivity contribution in [3.63, 3.8) is 0 Å². The molecule has 2 aromatic rings. The molecule has 0 saturated heterocycles. The molecule has 0 radical (unpaired) electrons. The summed E-state index contributed by atoms with van der Waals surface area (Å²) in [6.45, 7) is 3.62. The van der Waals surface area contributed by atoms with Gasteiger partial charge in [0.2, 0.25) is 0 Å². The number of rotatable bonds is 3. The van der Waals surface area contributed by atoms with Gasteiger partial charge in [-0.2, -0.15) is 0 Å². The van der Waals surface area contributed by atoms with Crippen molar-refractivity contribution in [2.45, 2.75) is 13.8 Å². The number of anilines is 1. The molecule has 1 aromatic heterocycles. The number of pyridine rings is 1. The van der Waals surface area contributed by atoms with Gasteiger partial charge in [-0.3, -0.25) is 9.59 Å². The van der Waals surface area contributed by atoms with Crippen LogP contribution < -0.4 is 5.73 Å². The molecule has 2 rings (SSSR count). The summed E-state index contributed by atoms with van der Waals surface area (Å²) in [4.78, 5) is 27.3. The summed E-state index contributed by atoms with van der Waals surface area (Å²) in [6, 6.07) is 6.64. The number of aromatic nitrogens is 1. The fourth-order valence-corrected chi connectivity index (χ4v) is 2.07. The second kappa shape index (κ2) is 5.02. The number of nitrogens with two attached hydrogens (primary N) is 1. The van der Waals surface area contributed by atoms with Crippen molar-refractivity contribution in [2.24, 2.45) is 0 Å². The second-order valence-electron chi connectivity index (χ2n) is 4.39. The first-order valence-corrected chi connectivity index (χ1v) is 5.86. The number of aryl methyl sites for hydroxylation is 1. The van der Waals surface area contributed by atoms with Crippen molar-refractivity contribution < 1.29 is 9.59 Å². The first-order valence-electron chi connectivity index (χ1n) is 5.86. The lowest BCUT2D eigenvalue weighted by Gasteiger charge is -2.11. The summed E-state index contributed by atoms with van der Waals surface area (Å²) in [5.74, 6) is 0.153. The molecular formula is C15H14N2O2. The van der Waals surface area contributed by atoms with Crippen molar-refractivity contribution in [1.82, 2.24) is 4.98 Å². The van der Waals surface area contributed by atoms with Gasteiger partial charge < -0.3 is 5.73 Å². The van der Waals surface area contributed by atoms with Crippen LogP contribution in [0.4, 0.5) is 5.82 Å². The third-order valence-corrected chi connectivity index (χ3v) is 3.11. The van der Waals surface area contributed by atoms with Crippen molar-refractivity contribution in [3.05, 3.63) is 58.3 Å². The number of carbonyl (C=O) groups excluding carboxylic acids is 2. The van der Waals surface area contributed by atoms with Crippen LogP contribution in [0.3, 0.4) is 0 Å². The zero-order valence-electron chi connectivity index (χ0n) is 10.8. The Hall–Kier alpha value is -2.49. The molecule has 1 aromatic carbocycles. The molecule has 0 fully saturated rings. The van der Waals surface area contributed by atoms with Crippen LogP contribution in [-0.2, 0) is 0 Å². The fourth-order valence-electron chi connectivity index (χ4n) is 2.07. The van der Waals surface area contributed by atoms with Crippen LogP contribution in [0.5, 0.6) is 0 Å². The summed E-state index contributed by atoms with van der Waals surface area (Å²) >= 11 is 0. The van der Waals surface area contributed by atoms with Crippen LogP contribution in [0.1, 0.15) is 37.4 Å². The monoisotopic (exact) mass is 254 g/mol. The minimum Gasteiger partial charge on any atom is -0.384 e. The lowest BCUT2D eigenvalue weighted by atomic mass is 9.92. The van der Waals surface area contributed by atoms with Crippen LogP contribution >= 0.6 is 0 Å². The number of aldehydes is 1. The smallest absolute Gasteiger partial charge is 0.193 e. The summed E-state index contributed by atoms with van der Waals surface area (Å²) in [5.41, 5.74) is 8.66. The average molecular weight is 254 g/mol. The molecule has 1 heterocycles. The lowest BCUT2D eigenvalue weighted by molar-refractivity contribution is 0.103. The number of hydrogen-bond acceptors (Lipinski definition) is 4. The molecule has 4 nitrogen and oxygen atoms in total. The van der Waals surface area contributed by atoms with Gasteiger partial charge in [0.05, 0.1) is 0 Å². The van der Waals surface area contributed by atoms with E-state index in [0.717, 1.165) is 11.8 Å². The molecule has 0 amide bonds. The van der Waals surface area contributed by atoms with E-state index in [1.54, 1.807) is 25.1 Å². The first kappa shape index (κ1) is 13.0. The molecule has 2 N–H and O–H groups in total. The van der Waals surface area contributed by atoms with E-state index >= 15 is 0 Å². The number of carbonyl (C=O) groups is 2. The van der Waals surface area contributed by atoms with Crippen molar-refractivity contribution in [3.8, 4) is 0 Å². The van der Waals surface area contributed by atoms with Gasteiger partial charge in [-0.05, 0) is 37.1 Å². The molecule has 0 bridgehead atoms. The van der Waals surface area contributed by atoms with E-state index in [-0.39, 0.29) is 5.78 Å². The third-order valence-electron chi connectivity index (χ3n) is 3.11. The molecular weight excluding hydrogens is 240 g/mol. The van der Waals surface area contributed by atoms with Gasteiger partial charge in [0.1, 0.15) is 12.1 Å². The van der Waals surface area contributed by atoms with E-state index < -0.39 is 0 Å². The van der Waals surface area contributed by atoms with E-state index in [0.29, 0.717) is 28.1 Å². The molecule has 0 unspecified atom stereocenters. The number of ketones is 1. The average Bonchev–Trinajstić information content (AvgIpc) is 2.39. The maximum absolute atomic E-state index is 12.5. The quantitative estimate of drug-likeness (QED) is 0.674. The third kappa shape index (κ3) is 2.38. The number of nitrogen functional groups attached to an aromatic ring is 1. The van der Waals surface area contributed by atoms with Crippen molar-refractivity contribution >= 4 is 17.9 Å². The zero-order valence-corrected chi connectivity index (χ0v) is 10.8. The maximum atomic E-state index is 12.5. The maximum Gasteiger partial charge on any atom is 0.193 e. The summed E-state index contributed by atoms with van der Waals surface area (Å²) in [5, 5.41) is 0. The summed E-state index contributed by atoms with van der Waals surface area (Å²) < 4.78 is 0. The molecule has 0 saturated carbocycles. The molecule has 19 heavy (non-hydrogen) atoms. The predicted molar refractivity (Wildman–Crippen MR) is 73.4 cm³/mol. The normalized spacial score (nSPS) is 10.2. The Labute approximate surface area is 111 Å². The second-order valence-corrected chi connectivity index (χ2v) is 4.39. The van der Waals surface area contributed by atoms with Crippen LogP contribution in [0, 0.1) is 13.8 Å². The first-order chi connectivity index (χ1) is 9.04. The van der Waals surface area contributed by atoms with E-state index in [4.69, 9.17) is 5.73 Å². The standard InChI is InChI=1S/C15H14N2O2/c1-9-3-4-12(8-18)10(2)14(9)15(19)11-5-6-17-13(16)7-11/h3-8H,1-2H3,(H2,16,17). The highest BCUT2D eigenvalue weighted by atomic mass is 16.1. The minimum atomic E-state index is -0.146. The summed E-state index contributed by atoms with van der Waals surface area (Å²) in [7, 11) is 0. The lowest BCUT2D eigenvalue weighted by Crippen LogP contribution is -2.09. The van der Waals surface area contributed by atoms with E-state index in [1.807, 2.05) is 6.92 Å². The molecule has 0 aliphatic heterocycles. The zero-order chi connectivity index (χ0) is 14.0. The Bertz CT molecular complexity index is 663. The number of benzene rings is 1. The van der Waals surface area contributed by atoms with Crippen LogP contribution in [0.15, 0.2) is 30.5 Å². The SMILES string of the molecule is Cc1ccc(C=O)c(C)c1C(=O)c1ccnc(N)c1. The van der Waals surface area contributed by atoms with E-state index in [1.165, 1.54) is 12.3 Å². The number of nitrogens with zero attached hydrogens (tertiary/aromatic N) is 1. The van der Waals surface area contributed by atoms with Gasteiger partial charge in [0, 0.05) is 22.9 Å². The van der Waals surface area contributed by atoms with Gasteiger partial charge >= 0.3 is 0 Å². The van der Waals surface area contributed by atoms with Crippen LogP contribution in [0.2, 0.25) is 0 Å². The Morgan fingerprint density at radius 1 is 1.26 bits per heavy atom. The van der Waals surface area contributed by atoms with E-state index in [9.17, 15) is 9.59 Å². The molecule has 0 atom stereocenters. The highest BCUT2D eigenvalue weighted by Crippen LogP contribution is 2.21. The molecule has 0 aliphatic carbocycles. The molecule has 0 aliphatic rings. The van der Waals surface area contributed by atoms with Gasteiger partial charge in [-0.25, -0.2) is 4.98 Å². The van der Waals surface area contributed by atoms with Gasteiger partial charge in [-0.15, -0.1) is 0 Å². The number of hydrogen-bond donors (Lipinski definition) is 1. The highest BCUT2D eigenvalue weighted by Gasteiger charge is 2.16. The summed E-state index contributed by atoms with van der Waals surface area (Å²) in [6.07, 6.45) is 2.25. The Morgan fingerprint density at radius 2 is 2.00 bits per heavy atom. The van der Waals surface area contributed by atoms with Crippen molar-refractivity contribution in [1.29, 1.82) is 0 Å². The Morgan fingerprint density at radius 3 is 2.63 bits per heavy atom. The van der Waals surface area contributed by atoms with Gasteiger partial charge in [0.25, 0.3) is 0 Å². The largest absolute Gasteiger partial charge is 0.384 e. The molecule has 96 valence electrons. The molecule has 0 spiro atoms. The van der Waals surface area contributed by atoms with Crippen LogP contribution in [0.25, 0.3) is 0 Å². The Kier molecular flexibility index (Phi) is 3.42. The predicted octanol–water partition coefficient (Wildman–Crippen LogP) is 2.32.